The van der Waals surface area contributed by atoms with Crippen molar-refractivity contribution in [2.45, 2.75) is 30.8 Å². The third-order valence-electron chi connectivity index (χ3n) is 5.40. The summed E-state index contributed by atoms with van der Waals surface area (Å²) >= 11 is 0. The molecule has 2 aromatic heterocycles. The van der Waals surface area contributed by atoms with Crippen LogP contribution in [0.4, 0.5) is 5.82 Å². The SMILES string of the molecule is Cc1ccc(N2CCC(Oc3ccn(-c4ccc(S(C)(=O)=O)cc4)c(=O)c3)CC2)nc1. The highest BCUT2D eigenvalue weighted by molar-refractivity contribution is 7.90. The number of piperidine rings is 1. The van der Waals surface area contributed by atoms with E-state index in [4.69, 9.17) is 4.74 Å². The average molecular weight is 440 g/mol. The first-order valence-corrected chi connectivity index (χ1v) is 12.1. The molecule has 1 aliphatic heterocycles. The van der Waals surface area contributed by atoms with Crippen molar-refractivity contribution in [3.63, 3.8) is 0 Å². The van der Waals surface area contributed by atoms with E-state index in [1.54, 1.807) is 24.4 Å². The Hall–Kier alpha value is -3.13. The monoisotopic (exact) mass is 439 g/mol. The van der Waals surface area contributed by atoms with E-state index in [1.165, 1.54) is 22.8 Å². The molecule has 31 heavy (non-hydrogen) atoms. The van der Waals surface area contributed by atoms with Gasteiger partial charge >= 0.3 is 0 Å². The van der Waals surface area contributed by atoms with Gasteiger partial charge in [-0.15, -0.1) is 0 Å². The van der Waals surface area contributed by atoms with Gasteiger partial charge in [-0.25, -0.2) is 13.4 Å². The van der Waals surface area contributed by atoms with Gasteiger partial charge in [0.25, 0.3) is 5.56 Å². The molecule has 1 aromatic carbocycles. The Kier molecular flexibility index (Phi) is 5.82. The fraction of sp³-hybridized carbons (Fsp3) is 0.304. The van der Waals surface area contributed by atoms with Crippen molar-refractivity contribution < 1.29 is 13.2 Å². The molecule has 162 valence electrons. The number of ether oxygens (including phenoxy) is 1. The molecule has 7 nitrogen and oxygen atoms in total. The molecule has 0 atom stereocenters. The van der Waals surface area contributed by atoms with Gasteiger partial charge in [0.15, 0.2) is 9.84 Å². The molecule has 0 radical (unpaired) electrons. The maximum absolute atomic E-state index is 12.6. The highest BCUT2D eigenvalue weighted by Gasteiger charge is 2.21. The summed E-state index contributed by atoms with van der Waals surface area (Å²) in [4.78, 5) is 19.5. The molecule has 0 bridgehead atoms. The second kappa shape index (κ2) is 8.55. The predicted molar refractivity (Wildman–Crippen MR) is 120 cm³/mol. The number of nitrogens with zero attached hydrogens (tertiary/aromatic N) is 3. The van der Waals surface area contributed by atoms with Crippen LogP contribution in [0.1, 0.15) is 18.4 Å². The van der Waals surface area contributed by atoms with E-state index in [0.717, 1.165) is 43.6 Å². The molecular formula is C23H25N3O4S. The van der Waals surface area contributed by atoms with E-state index in [-0.39, 0.29) is 16.6 Å². The first-order chi connectivity index (χ1) is 14.8. The lowest BCUT2D eigenvalue weighted by atomic mass is 10.1. The van der Waals surface area contributed by atoms with Crippen molar-refractivity contribution in [3.8, 4) is 11.4 Å². The van der Waals surface area contributed by atoms with Crippen LogP contribution in [0, 0.1) is 6.92 Å². The maximum atomic E-state index is 12.6. The molecule has 0 spiro atoms. The van der Waals surface area contributed by atoms with Crippen LogP contribution in [-0.4, -0.2) is 43.4 Å². The van der Waals surface area contributed by atoms with Gasteiger partial charge in [-0.1, -0.05) is 6.07 Å². The highest BCUT2D eigenvalue weighted by Crippen LogP contribution is 2.22. The number of benzene rings is 1. The highest BCUT2D eigenvalue weighted by atomic mass is 32.2. The molecule has 0 saturated carbocycles. The summed E-state index contributed by atoms with van der Waals surface area (Å²) < 4.78 is 30.7. The zero-order valence-electron chi connectivity index (χ0n) is 17.6. The molecular weight excluding hydrogens is 414 g/mol. The zero-order chi connectivity index (χ0) is 22.0. The summed E-state index contributed by atoms with van der Waals surface area (Å²) in [6.07, 6.45) is 6.44. The van der Waals surface area contributed by atoms with Crippen LogP contribution >= 0.6 is 0 Å². The minimum atomic E-state index is -3.27. The summed E-state index contributed by atoms with van der Waals surface area (Å²) in [6.45, 7) is 3.73. The van der Waals surface area contributed by atoms with Gasteiger partial charge < -0.3 is 9.64 Å². The molecule has 8 heteroatoms. The molecule has 3 aromatic rings. The quantitative estimate of drug-likeness (QED) is 0.608. The fourth-order valence-corrected chi connectivity index (χ4v) is 4.27. The van der Waals surface area contributed by atoms with Crippen LogP contribution in [0.5, 0.6) is 5.75 Å². The van der Waals surface area contributed by atoms with Gasteiger partial charge in [0, 0.05) is 56.3 Å². The van der Waals surface area contributed by atoms with E-state index in [1.807, 2.05) is 19.2 Å². The molecule has 0 unspecified atom stereocenters. The Morgan fingerprint density at radius 1 is 1.03 bits per heavy atom. The summed E-state index contributed by atoms with van der Waals surface area (Å²) in [5, 5.41) is 0. The van der Waals surface area contributed by atoms with Gasteiger partial charge in [-0.2, -0.15) is 0 Å². The lowest BCUT2D eigenvalue weighted by molar-refractivity contribution is 0.170. The average Bonchev–Trinajstić information content (AvgIpc) is 2.75. The standard InChI is InChI=1S/C23H25N3O4S/c1-17-3-8-22(24-16-17)25-12-9-19(10-13-25)30-20-11-14-26(23(27)15-20)18-4-6-21(7-5-18)31(2,28)29/h3-8,11,14-16,19H,9-10,12-13H2,1-2H3. The van der Waals surface area contributed by atoms with Crippen LogP contribution in [-0.2, 0) is 9.84 Å². The minimum absolute atomic E-state index is 0.0472. The van der Waals surface area contributed by atoms with Gasteiger partial charge in [0.2, 0.25) is 0 Å². The number of hydrogen-bond acceptors (Lipinski definition) is 6. The van der Waals surface area contributed by atoms with Gasteiger partial charge in [-0.3, -0.25) is 9.36 Å². The van der Waals surface area contributed by atoms with Crippen LogP contribution in [0.3, 0.4) is 0 Å². The minimum Gasteiger partial charge on any atom is -0.490 e. The van der Waals surface area contributed by atoms with Crippen LogP contribution in [0.2, 0.25) is 0 Å². The van der Waals surface area contributed by atoms with Crippen LogP contribution < -0.4 is 15.2 Å². The first kappa shape index (κ1) is 21.1. The van der Waals surface area contributed by atoms with Gasteiger partial charge in [0.05, 0.1) is 4.90 Å². The molecule has 1 saturated heterocycles. The predicted octanol–water partition coefficient (Wildman–Crippen LogP) is 2.99. The number of aromatic nitrogens is 2. The zero-order valence-corrected chi connectivity index (χ0v) is 18.4. The summed E-state index contributed by atoms with van der Waals surface area (Å²) in [7, 11) is -3.27. The number of sulfone groups is 1. The van der Waals surface area contributed by atoms with Crippen molar-refractivity contribution in [2.24, 2.45) is 0 Å². The topological polar surface area (TPSA) is 81.5 Å². The van der Waals surface area contributed by atoms with Crippen molar-refractivity contribution in [1.82, 2.24) is 9.55 Å². The Morgan fingerprint density at radius 3 is 2.32 bits per heavy atom. The maximum Gasteiger partial charge on any atom is 0.258 e. The Bertz CT molecular complexity index is 1210. The molecule has 0 amide bonds. The Labute approximate surface area is 181 Å². The van der Waals surface area contributed by atoms with Crippen molar-refractivity contribution >= 4 is 15.7 Å². The Morgan fingerprint density at radius 2 is 1.74 bits per heavy atom. The molecule has 3 heterocycles. The summed E-state index contributed by atoms with van der Waals surface area (Å²) in [5.41, 5.74) is 1.51. The van der Waals surface area contributed by atoms with Crippen LogP contribution in [0.25, 0.3) is 5.69 Å². The fourth-order valence-electron chi connectivity index (χ4n) is 3.64. The summed E-state index contributed by atoms with van der Waals surface area (Å²) in [5.74, 6) is 1.52. The molecule has 0 N–H and O–H groups in total. The normalized spacial score (nSPS) is 15.1. The smallest absolute Gasteiger partial charge is 0.258 e. The van der Waals surface area contributed by atoms with E-state index in [0.29, 0.717) is 11.4 Å². The number of aryl methyl sites for hydroxylation is 1. The number of anilines is 1. The van der Waals surface area contributed by atoms with E-state index >= 15 is 0 Å². The van der Waals surface area contributed by atoms with Gasteiger partial charge in [-0.05, 0) is 48.9 Å². The van der Waals surface area contributed by atoms with E-state index in [9.17, 15) is 13.2 Å². The van der Waals surface area contributed by atoms with Crippen molar-refractivity contribution in [2.75, 3.05) is 24.2 Å². The molecule has 1 aliphatic rings. The lowest BCUT2D eigenvalue weighted by Crippen LogP contribution is -2.38. The lowest BCUT2D eigenvalue weighted by Gasteiger charge is -2.33. The number of hydrogen-bond donors (Lipinski definition) is 0. The summed E-state index contributed by atoms with van der Waals surface area (Å²) in [6, 6.07) is 13.6. The number of pyridine rings is 2. The molecule has 0 aliphatic carbocycles. The van der Waals surface area contributed by atoms with Gasteiger partial charge in [0.1, 0.15) is 17.7 Å². The third-order valence-corrected chi connectivity index (χ3v) is 6.53. The molecule has 1 fully saturated rings. The van der Waals surface area contributed by atoms with Crippen molar-refractivity contribution in [1.29, 1.82) is 0 Å². The second-order valence-corrected chi connectivity index (χ2v) is 9.85. The van der Waals surface area contributed by atoms with Crippen LogP contribution in [0.15, 0.2) is 70.6 Å². The largest absolute Gasteiger partial charge is 0.490 e. The van der Waals surface area contributed by atoms with Crippen molar-refractivity contribution in [3.05, 3.63) is 76.8 Å². The van der Waals surface area contributed by atoms with E-state index in [2.05, 4.69) is 16.0 Å². The van der Waals surface area contributed by atoms with E-state index < -0.39 is 9.84 Å². The molecule has 4 rings (SSSR count). The Balaban J connectivity index is 1.40. The first-order valence-electron chi connectivity index (χ1n) is 10.2. The third kappa shape index (κ3) is 4.96. The number of rotatable bonds is 5. The second-order valence-electron chi connectivity index (χ2n) is 7.83.